The highest BCUT2D eigenvalue weighted by molar-refractivity contribution is 8.83. The average Bonchev–Trinajstić information content (AvgIpc) is 0.853. The highest BCUT2D eigenvalue weighted by Crippen LogP contribution is 2.43. The van der Waals surface area contributed by atoms with Gasteiger partial charge in [-0.3, -0.25) is 38.4 Å². The van der Waals surface area contributed by atoms with E-state index in [4.69, 9.17) is 64.3 Å². The normalized spacial score (nSPS) is 12.2. The summed E-state index contributed by atoms with van der Waals surface area (Å²) in [5, 5.41) is 48.0. The summed E-state index contributed by atoms with van der Waals surface area (Å²) in [4.78, 5) is 182. The highest BCUT2D eigenvalue weighted by atomic mass is 33.1. The number of carbonyl (C=O) groups excluding carboxylic acids is 16. The molecule has 0 aliphatic rings. The van der Waals surface area contributed by atoms with E-state index in [1.54, 1.807) is 98.3 Å². The molecule has 680 valence electrons. The Hall–Kier alpha value is -6.60. The van der Waals surface area contributed by atoms with E-state index in [0.29, 0.717) is 39.3 Å². The van der Waals surface area contributed by atoms with Crippen LogP contribution in [0, 0.1) is 0 Å². The number of carboxylic acid groups (broad SMARTS) is 4. The summed E-state index contributed by atoms with van der Waals surface area (Å²) in [6.07, 6.45) is -15.6. The number of unbranched alkanes of at least 4 members (excludes halogenated alkanes) is 3. The van der Waals surface area contributed by atoms with Gasteiger partial charge in [-0.15, -0.1) is 0 Å². The lowest BCUT2D eigenvalue weighted by Crippen LogP contribution is -2.52. The first-order valence-electron chi connectivity index (χ1n) is 32.7. The van der Waals surface area contributed by atoms with Gasteiger partial charge in [-0.2, -0.15) is 52.7 Å². The number of nitrogens with zero attached hydrogens (tertiary/aromatic N) is 4. The molecule has 8 amide bonds. The molecule has 54 heteroatoms. The van der Waals surface area contributed by atoms with Crippen LogP contribution in [0.5, 0.6) is 0 Å². The molecule has 4 unspecified atom stereocenters. The first-order valence-corrected chi connectivity index (χ1v) is 41.3. The summed E-state index contributed by atoms with van der Waals surface area (Å²) in [5.74, 6) is -15.5. The number of alkyl halides is 12. The minimum atomic E-state index is -5.19. The van der Waals surface area contributed by atoms with E-state index >= 15 is 0 Å². The van der Waals surface area contributed by atoms with E-state index in [-0.39, 0.29) is 44.6 Å². The molecule has 0 heterocycles. The molecule has 0 saturated heterocycles. The number of esters is 4. The second-order valence-corrected chi connectivity index (χ2v) is 35.5. The maximum absolute atomic E-state index is 12.1. The second-order valence-electron chi connectivity index (χ2n) is 24.6. The Morgan fingerprint density at radius 3 is 0.690 bits per heavy atom. The van der Waals surface area contributed by atoms with Gasteiger partial charge in [-0.25, -0.2) is 19.2 Å². The van der Waals surface area contributed by atoms with Crippen molar-refractivity contribution in [2.24, 2.45) is 5.73 Å². The number of amides is 8. The van der Waals surface area contributed by atoms with Gasteiger partial charge in [0.05, 0.1) is 47.4 Å². The van der Waals surface area contributed by atoms with Gasteiger partial charge in [-0.1, -0.05) is 76.3 Å². The summed E-state index contributed by atoms with van der Waals surface area (Å²) >= 11 is 0. The van der Waals surface area contributed by atoms with Crippen LogP contribution in [0.15, 0.2) is 0 Å². The second kappa shape index (κ2) is 62.5. The van der Waals surface area contributed by atoms with Gasteiger partial charge >= 0.3 is 48.6 Å². The van der Waals surface area contributed by atoms with Gasteiger partial charge in [0.2, 0.25) is 23.6 Å². The van der Waals surface area contributed by atoms with Gasteiger partial charge in [-0.05, 0) is 75.3 Å². The highest BCUT2D eigenvalue weighted by Gasteiger charge is 2.43. The van der Waals surface area contributed by atoms with Crippen LogP contribution in [0.25, 0.3) is 0 Å². The molecule has 0 spiro atoms. The fourth-order valence-corrected chi connectivity index (χ4v) is 15.3. The topological polar surface area (TPSA) is 501 Å². The van der Waals surface area contributed by atoms with Crippen LogP contribution in [0.2, 0.25) is 0 Å². The Kier molecular flexibility index (Phi) is 67.4. The Labute approximate surface area is 695 Å². The molecule has 7 N–H and O–H groups in total. The maximum atomic E-state index is 12.1. The van der Waals surface area contributed by atoms with Gasteiger partial charge in [0.25, 0.3) is 21.0 Å². The lowest BCUT2D eigenvalue weighted by atomic mass is 10.0. The first kappa shape index (κ1) is 125. The number of hydrogen-bond acceptors (Lipinski definition) is 34. The number of ether oxygens (including phenoxy) is 4. The zero-order valence-corrected chi connectivity index (χ0v) is 74.1. The van der Waals surface area contributed by atoms with Crippen LogP contribution >= 0.6 is 86.4 Å². The average molecular weight is 1860 g/mol. The first-order chi connectivity index (χ1) is 52.4. The number of halogens is 12. The van der Waals surface area contributed by atoms with Crippen molar-refractivity contribution in [3.63, 3.8) is 0 Å². The van der Waals surface area contributed by atoms with Crippen molar-refractivity contribution in [3.8, 4) is 0 Å². The number of nitrogens with two attached hydrogens (primary N) is 1. The van der Waals surface area contributed by atoms with Gasteiger partial charge in [0.15, 0.2) is 0 Å². The van der Waals surface area contributed by atoms with Crippen molar-refractivity contribution < 1.29 is 169 Å². The zero-order chi connectivity index (χ0) is 93.7. The number of hydrogen-bond donors (Lipinski definition) is 6. The summed E-state index contributed by atoms with van der Waals surface area (Å²) < 4.78 is 142. The smallest absolute Gasteiger partial charge is 0.430 e. The molecule has 0 aromatic heterocycles. The third kappa shape index (κ3) is 64.4. The van der Waals surface area contributed by atoms with E-state index in [9.17, 15) is 110 Å². The molecule has 0 radical (unpaired) electrons. The predicted octanol–water partition coefficient (Wildman–Crippen LogP) is 4.87. The molecule has 0 aromatic carbocycles. The number of carboxylic acids is 4. The number of likely N-dealkylation sites (N-methyl/N-ethyl adjacent to an activating group) is 3. The van der Waals surface area contributed by atoms with Crippen molar-refractivity contribution in [1.82, 2.24) is 46.2 Å². The lowest BCUT2D eigenvalue weighted by molar-refractivity contribution is -0.344. The Morgan fingerprint density at radius 2 is 0.534 bits per heavy atom. The van der Waals surface area contributed by atoms with Crippen LogP contribution in [0.3, 0.4) is 0 Å². The molecule has 0 aliphatic carbocycles. The SMILES string of the molecule is CCCCCN(C)C(=O)SSC(C)(C)C(NC(C)=O)C(=O)OC.CCCCN(C)C(=O)SSC(C)(C)C(NC(C)=O)C(=O)OC.CNCCN(C)C(=O)SSC(C)(C)C(NC(C)=O)C(=O)OC.COC(=O)C(NC(C)=O)C(C)(C)SSC(=O)N(C)CCN.O=C([O-])C(F)(F)F.O=C([O-])C(F)(F)F.O=C([O-])C(F)(F)F.O=C([O-])C(F)(F)F. The summed E-state index contributed by atoms with van der Waals surface area (Å²) in [6.45, 7) is 27.3. The third-order valence-corrected chi connectivity index (χ3v) is 25.2. The summed E-state index contributed by atoms with van der Waals surface area (Å²) in [6, 6.07) is -3.31. The quantitative estimate of drug-likeness (QED) is 0.0172. The van der Waals surface area contributed by atoms with Crippen LogP contribution in [-0.4, -0.2) is 283 Å². The number of methoxy groups -OCH3 is 4. The van der Waals surface area contributed by atoms with Crippen LogP contribution in [0.1, 0.15) is 129 Å². The molecule has 34 nitrogen and oxygen atoms in total. The van der Waals surface area contributed by atoms with Gasteiger partial charge in [0.1, 0.15) is 48.0 Å². The minimum absolute atomic E-state index is 0.0642. The van der Waals surface area contributed by atoms with Gasteiger partial charge < -0.3 is 110 Å². The molecule has 0 saturated carbocycles. The third-order valence-electron chi connectivity index (χ3n) is 12.5. The summed E-state index contributed by atoms with van der Waals surface area (Å²) in [5.41, 5.74) is 5.39. The molecule has 0 aliphatic heterocycles. The Bertz CT molecular complexity index is 2910. The molecular formula is C62H102F12N10O24S8-4. The molecule has 116 heavy (non-hydrogen) atoms. The molecular weight excluding hydrogens is 1750 g/mol. The van der Waals surface area contributed by atoms with Crippen molar-refractivity contribution in [2.75, 3.05) is 103 Å². The van der Waals surface area contributed by atoms with E-state index in [1.807, 2.05) is 7.05 Å². The van der Waals surface area contributed by atoms with Gasteiger partial charge in [0, 0.05) is 138 Å². The summed E-state index contributed by atoms with van der Waals surface area (Å²) in [7, 11) is 22.9. The molecule has 0 aromatic rings. The number of aliphatic carboxylic acids is 4. The fraction of sp³-hybridized carbons (Fsp3) is 0.742. The fourth-order valence-electron chi connectivity index (χ4n) is 6.20. The van der Waals surface area contributed by atoms with Crippen LogP contribution in [0.4, 0.5) is 71.9 Å². The van der Waals surface area contributed by atoms with E-state index in [2.05, 4.69) is 40.4 Å². The van der Waals surface area contributed by atoms with E-state index in [0.717, 1.165) is 75.3 Å². The van der Waals surface area contributed by atoms with E-state index < -0.39 is 116 Å². The monoisotopic (exact) mass is 1850 g/mol. The molecule has 4 atom stereocenters. The van der Waals surface area contributed by atoms with Crippen molar-refractivity contribution in [2.45, 2.75) is 197 Å². The zero-order valence-electron chi connectivity index (χ0n) is 67.6. The largest absolute Gasteiger partial charge is 0.542 e. The number of nitrogens with one attached hydrogen (secondary N) is 5. The Morgan fingerprint density at radius 1 is 0.353 bits per heavy atom. The van der Waals surface area contributed by atoms with Crippen LogP contribution in [-0.2, 0) is 76.5 Å². The molecule has 0 fully saturated rings. The van der Waals surface area contributed by atoms with E-state index in [1.165, 1.54) is 104 Å². The molecule has 0 bridgehead atoms. The predicted molar refractivity (Wildman–Crippen MR) is 409 cm³/mol. The number of rotatable bonds is 32. The minimum Gasteiger partial charge on any atom is -0.542 e. The van der Waals surface area contributed by atoms with Crippen molar-refractivity contribution in [3.05, 3.63) is 0 Å². The van der Waals surface area contributed by atoms with Crippen LogP contribution < -0.4 is 52.7 Å². The molecule has 0 rings (SSSR count). The maximum Gasteiger partial charge on any atom is 0.430 e. The Balaban J connectivity index is -0.000000201. The lowest BCUT2D eigenvalue weighted by Gasteiger charge is -2.31. The van der Waals surface area contributed by atoms with Crippen molar-refractivity contribution >= 4 is 179 Å². The van der Waals surface area contributed by atoms with Crippen molar-refractivity contribution in [1.29, 1.82) is 0 Å². The number of carbonyl (C=O) groups is 16. The standard InChI is InChI=1S/C15H28N2O4S2.C14H26N2O4S2.C13H25N3O4S2.C12H23N3O4S2.4C2HF3O2/c1-7-8-9-10-17(5)14(20)22-23-15(3,4)12(13(19)21-6)16-11(2)18;1-7-8-9-16(5)13(19)21-22-14(3,4)11(12(18)20-6)15-10(2)17;1-9(17)15-10(11(18)20-6)13(2,3)22-21-12(19)16(5)8-7-14-4;1-8(16)14-9(10(17)19-5)12(2,3)21-20-11(18)15(4)7-6-13;4*3-2(4,5)1(6)7/h12H,7-10H2,1-6H3,(H,16,18);11H,7-9H2,1-6H3,(H,15,17);10,14H,7-8H2,1-6H3,(H,15,17);9H,6-7,13H2,1-5H3,(H,14,16);4*(H,6,7)/p-4.